The van der Waals surface area contributed by atoms with E-state index in [1.54, 1.807) is 0 Å². The Kier molecular flexibility index (Phi) is 2.85. The molecule has 2 atom stereocenters. The topological polar surface area (TPSA) is 67.8 Å². The van der Waals surface area contributed by atoms with E-state index < -0.39 is 5.92 Å². The van der Waals surface area contributed by atoms with E-state index in [1.807, 2.05) is 24.3 Å². The predicted molar refractivity (Wildman–Crippen MR) is 42.5 cm³/mol. The van der Waals surface area contributed by atoms with Gasteiger partial charge in [-0.3, -0.25) is 0 Å². The van der Waals surface area contributed by atoms with Crippen molar-refractivity contribution in [1.82, 2.24) is 0 Å². The van der Waals surface area contributed by atoms with Gasteiger partial charge in [-0.25, -0.2) is 0 Å². The van der Waals surface area contributed by atoms with E-state index >= 15 is 0 Å². The zero-order chi connectivity index (χ0) is 8.97. The van der Waals surface area contributed by atoms with Crippen molar-refractivity contribution in [3.05, 3.63) is 12.2 Å². The van der Waals surface area contributed by atoms with E-state index in [0.29, 0.717) is 0 Å². The van der Waals surface area contributed by atoms with Gasteiger partial charge in [0.05, 0.1) is 12.1 Å². The maximum Gasteiger partial charge on any atom is 0.139 e. The maximum absolute atomic E-state index is 8.79. The lowest BCUT2D eigenvalue weighted by Gasteiger charge is -2.08. The first-order valence-corrected chi connectivity index (χ1v) is 3.90. The zero-order valence-electron chi connectivity index (χ0n) is 6.64. The summed E-state index contributed by atoms with van der Waals surface area (Å²) in [6.45, 7) is 0.108. The molecule has 0 aromatic rings. The third-order valence-corrected chi connectivity index (χ3v) is 2.15. The molecule has 0 amide bonds. The van der Waals surface area contributed by atoms with Crippen LogP contribution in [0.2, 0.25) is 0 Å². The molecule has 3 heteroatoms. The molecule has 1 N–H and O–H groups in total. The first-order valence-electron chi connectivity index (χ1n) is 3.90. The van der Waals surface area contributed by atoms with Gasteiger partial charge in [-0.2, -0.15) is 10.5 Å². The van der Waals surface area contributed by atoms with Gasteiger partial charge >= 0.3 is 0 Å². The number of hydrogen-bond donors (Lipinski definition) is 1. The Balaban J connectivity index is 2.55. The summed E-state index contributed by atoms with van der Waals surface area (Å²) in [5, 5.41) is 25.9. The molecule has 0 radical (unpaired) electrons. The zero-order valence-corrected chi connectivity index (χ0v) is 6.64. The minimum atomic E-state index is -0.558. The first kappa shape index (κ1) is 8.77. The lowest BCUT2D eigenvalue weighted by molar-refractivity contribution is 0.242. The molecule has 0 fully saturated rings. The third-order valence-electron chi connectivity index (χ3n) is 2.15. The van der Waals surface area contributed by atoms with Gasteiger partial charge in [-0.1, -0.05) is 12.2 Å². The minimum absolute atomic E-state index is 0.0112. The number of nitriles is 2. The van der Waals surface area contributed by atoms with Gasteiger partial charge in [-0.05, 0) is 6.42 Å². The number of aliphatic hydroxyl groups excluding tert-OH is 1. The maximum atomic E-state index is 8.79. The van der Waals surface area contributed by atoms with Crippen molar-refractivity contribution in [1.29, 1.82) is 10.5 Å². The number of hydrogen-bond acceptors (Lipinski definition) is 3. The molecular weight excluding hydrogens is 152 g/mol. The van der Waals surface area contributed by atoms with Gasteiger partial charge in [0.25, 0.3) is 0 Å². The van der Waals surface area contributed by atoms with Crippen LogP contribution in [0.3, 0.4) is 0 Å². The largest absolute Gasteiger partial charge is 0.396 e. The van der Waals surface area contributed by atoms with Crippen molar-refractivity contribution in [2.24, 2.45) is 17.8 Å². The molecule has 0 bridgehead atoms. The van der Waals surface area contributed by atoms with Gasteiger partial charge in [0.2, 0.25) is 0 Å². The van der Waals surface area contributed by atoms with Crippen molar-refractivity contribution in [3.63, 3.8) is 0 Å². The Morgan fingerprint density at radius 2 is 2.08 bits per heavy atom. The van der Waals surface area contributed by atoms with E-state index in [0.717, 1.165) is 6.42 Å². The summed E-state index contributed by atoms with van der Waals surface area (Å²) < 4.78 is 0. The number of allylic oxidation sites excluding steroid dienone is 1. The van der Waals surface area contributed by atoms with Gasteiger partial charge in [0, 0.05) is 18.4 Å². The van der Waals surface area contributed by atoms with Gasteiger partial charge in [0.1, 0.15) is 5.92 Å². The highest BCUT2D eigenvalue weighted by atomic mass is 16.3. The summed E-state index contributed by atoms with van der Waals surface area (Å²) in [6.07, 6.45) is 4.46. The molecule has 1 rings (SSSR count). The quantitative estimate of drug-likeness (QED) is 0.611. The Bertz CT molecular complexity index is 245. The summed E-state index contributed by atoms with van der Waals surface area (Å²) in [4.78, 5) is 0. The lowest BCUT2D eigenvalue weighted by atomic mass is 9.92. The molecule has 0 unspecified atom stereocenters. The number of nitrogens with zero attached hydrogens (tertiary/aromatic N) is 2. The normalized spacial score (nSPS) is 27.0. The predicted octanol–water partition coefficient (Wildman–Crippen LogP) is 0.834. The van der Waals surface area contributed by atoms with Crippen LogP contribution in [-0.4, -0.2) is 11.7 Å². The smallest absolute Gasteiger partial charge is 0.139 e. The molecule has 0 saturated carbocycles. The summed E-state index contributed by atoms with van der Waals surface area (Å²) in [7, 11) is 0. The van der Waals surface area contributed by atoms with Crippen LogP contribution in [0.5, 0.6) is 0 Å². The number of aliphatic hydroxyl groups is 1. The van der Waals surface area contributed by atoms with Gasteiger partial charge < -0.3 is 5.11 Å². The molecule has 0 saturated heterocycles. The third kappa shape index (κ3) is 1.64. The summed E-state index contributed by atoms with van der Waals surface area (Å²) >= 11 is 0. The van der Waals surface area contributed by atoms with Gasteiger partial charge in [-0.15, -0.1) is 0 Å². The Morgan fingerprint density at radius 1 is 1.42 bits per heavy atom. The van der Waals surface area contributed by atoms with Crippen LogP contribution in [0.15, 0.2) is 12.2 Å². The SMILES string of the molecule is N#CC(C#N)[C@H]1C=C[C@@H](CO)C1. The van der Waals surface area contributed by atoms with E-state index in [9.17, 15) is 0 Å². The average molecular weight is 162 g/mol. The van der Waals surface area contributed by atoms with Crippen LogP contribution in [0.4, 0.5) is 0 Å². The fraction of sp³-hybridized carbons (Fsp3) is 0.556. The second-order valence-corrected chi connectivity index (χ2v) is 2.96. The van der Waals surface area contributed by atoms with Crippen LogP contribution in [0, 0.1) is 40.4 Å². The molecule has 3 nitrogen and oxygen atoms in total. The molecule has 62 valence electrons. The summed E-state index contributed by atoms with van der Waals surface area (Å²) in [6, 6.07) is 3.89. The molecule has 0 aromatic heterocycles. The highest BCUT2D eigenvalue weighted by molar-refractivity contribution is 5.13. The van der Waals surface area contributed by atoms with Crippen molar-refractivity contribution in [2.75, 3.05) is 6.61 Å². The van der Waals surface area contributed by atoms with E-state index in [4.69, 9.17) is 15.6 Å². The van der Waals surface area contributed by atoms with Crippen LogP contribution < -0.4 is 0 Å². The Morgan fingerprint density at radius 3 is 2.50 bits per heavy atom. The van der Waals surface area contributed by atoms with Crippen LogP contribution >= 0.6 is 0 Å². The molecule has 0 heterocycles. The minimum Gasteiger partial charge on any atom is -0.396 e. The lowest BCUT2D eigenvalue weighted by Crippen LogP contribution is -2.09. The Hall–Kier alpha value is -1.32. The van der Waals surface area contributed by atoms with Crippen molar-refractivity contribution in [2.45, 2.75) is 6.42 Å². The molecule has 0 aliphatic heterocycles. The van der Waals surface area contributed by atoms with E-state index in [1.165, 1.54) is 0 Å². The van der Waals surface area contributed by atoms with Crippen molar-refractivity contribution in [3.8, 4) is 12.1 Å². The fourth-order valence-corrected chi connectivity index (χ4v) is 1.41. The first-order chi connectivity index (χ1) is 5.81. The monoisotopic (exact) mass is 162 g/mol. The van der Waals surface area contributed by atoms with Crippen molar-refractivity contribution >= 4 is 0 Å². The summed E-state index contributed by atoms with van der Waals surface area (Å²) in [5.74, 6) is -0.408. The molecular formula is C9H10N2O. The molecule has 12 heavy (non-hydrogen) atoms. The Labute approximate surface area is 71.5 Å². The van der Waals surface area contributed by atoms with Crippen molar-refractivity contribution < 1.29 is 5.11 Å². The highest BCUT2D eigenvalue weighted by Crippen LogP contribution is 2.28. The van der Waals surface area contributed by atoms with Gasteiger partial charge in [0.15, 0.2) is 0 Å². The van der Waals surface area contributed by atoms with E-state index in [2.05, 4.69) is 0 Å². The van der Waals surface area contributed by atoms with Crippen LogP contribution in [0.25, 0.3) is 0 Å². The molecule has 0 aromatic carbocycles. The van der Waals surface area contributed by atoms with E-state index in [-0.39, 0.29) is 18.4 Å². The second kappa shape index (κ2) is 3.90. The second-order valence-electron chi connectivity index (χ2n) is 2.96. The number of rotatable bonds is 2. The van der Waals surface area contributed by atoms with Crippen LogP contribution in [-0.2, 0) is 0 Å². The molecule has 1 aliphatic rings. The van der Waals surface area contributed by atoms with Crippen LogP contribution in [0.1, 0.15) is 6.42 Å². The summed E-state index contributed by atoms with van der Waals surface area (Å²) in [5.41, 5.74) is 0. The standard InChI is InChI=1S/C9H10N2O/c10-4-9(5-11)8-2-1-7(3-8)6-12/h1-2,7-9,12H,3,6H2/t7-,8+/m1/s1. The molecule has 0 spiro atoms. The molecule has 1 aliphatic carbocycles. The fourth-order valence-electron chi connectivity index (χ4n) is 1.41. The average Bonchev–Trinajstić information content (AvgIpc) is 2.55. The highest BCUT2D eigenvalue weighted by Gasteiger charge is 2.25.